The maximum absolute atomic E-state index is 11.7. The first-order chi connectivity index (χ1) is 10.3. The van der Waals surface area contributed by atoms with Gasteiger partial charge in [-0.05, 0) is 24.3 Å². The second-order valence-corrected chi connectivity index (χ2v) is 4.49. The van der Waals surface area contributed by atoms with Crippen LogP contribution in [0.5, 0.6) is 0 Å². The molecule has 0 saturated carbocycles. The average molecular weight is 279 g/mol. The van der Waals surface area contributed by atoms with E-state index in [-0.39, 0.29) is 6.61 Å². The van der Waals surface area contributed by atoms with Crippen LogP contribution >= 0.6 is 0 Å². The highest BCUT2D eigenvalue weighted by atomic mass is 17.2. The maximum atomic E-state index is 11.7. The molecule has 0 amide bonds. The number of carbonyl (C=O) groups excluding carboxylic acids is 1. The molecule has 0 unspecified atom stereocenters. The van der Waals surface area contributed by atoms with Crippen LogP contribution in [0, 0.1) is 0 Å². The minimum absolute atomic E-state index is 0.114. The molecule has 0 spiro atoms. The minimum Gasteiger partial charge on any atom is -0.292 e. The monoisotopic (exact) mass is 279 g/mol. The quantitative estimate of drug-likeness (QED) is 0.541. The summed E-state index contributed by atoms with van der Waals surface area (Å²) in [4.78, 5) is 25.8. The lowest BCUT2D eigenvalue weighted by Crippen LogP contribution is -2.06. The summed E-state index contributed by atoms with van der Waals surface area (Å²) >= 11 is 0. The van der Waals surface area contributed by atoms with Crippen LogP contribution in [0.3, 0.4) is 0 Å². The van der Waals surface area contributed by atoms with Gasteiger partial charge < -0.3 is 0 Å². The zero-order valence-corrected chi connectivity index (χ0v) is 11.2. The van der Waals surface area contributed by atoms with Gasteiger partial charge in [0.1, 0.15) is 6.61 Å². The SMILES string of the molecule is O=C(OOCc1ccc2ccccc2n1)c1ccccc1. The van der Waals surface area contributed by atoms with E-state index in [0.29, 0.717) is 11.3 Å². The number of aromatic nitrogens is 1. The van der Waals surface area contributed by atoms with Crippen molar-refractivity contribution in [1.29, 1.82) is 0 Å². The molecular formula is C17H13NO3. The van der Waals surface area contributed by atoms with E-state index in [1.54, 1.807) is 24.3 Å². The Kier molecular flexibility index (Phi) is 3.89. The number of hydrogen-bond acceptors (Lipinski definition) is 4. The van der Waals surface area contributed by atoms with Crippen LogP contribution in [0.1, 0.15) is 16.1 Å². The largest absolute Gasteiger partial charge is 0.373 e. The van der Waals surface area contributed by atoms with E-state index < -0.39 is 5.97 Å². The molecule has 2 aromatic carbocycles. The van der Waals surface area contributed by atoms with Crippen molar-refractivity contribution in [2.75, 3.05) is 0 Å². The van der Waals surface area contributed by atoms with E-state index in [9.17, 15) is 4.79 Å². The van der Waals surface area contributed by atoms with Crippen molar-refractivity contribution in [1.82, 2.24) is 4.98 Å². The molecule has 3 aromatic rings. The molecule has 0 saturated heterocycles. The maximum Gasteiger partial charge on any atom is 0.373 e. The van der Waals surface area contributed by atoms with Gasteiger partial charge >= 0.3 is 5.97 Å². The molecule has 0 radical (unpaired) electrons. The van der Waals surface area contributed by atoms with Gasteiger partial charge in [0.05, 0.1) is 16.8 Å². The highest BCUT2D eigenvalue weighted by Gasteiger charge is 2.07. The molecule has 0 aliphatic heterocycles. The summed E-state index contributed by atoms with van der Waals surface area (Å²) in [5.41, 5.74) is 2.03. The molecule has 1 aromatic heterocycles. The van der Waals surface area contributed by atoms with Crippen LogP contribution in [0.15, 0.2) is 66.7 Å². The van der Waals surface area contributed by atoms with Gasteiger partial charge in [-0.3, -0.25) is 9.87 Å². The molecule has 104 valence electrons. The number of nitrogens with zero attached hydrogens (tertiary/aromatic N) is 1. The number of carbonyl (C=O) groups is 1. The van der Waals surface area contributed by atoms with Crippen molar-refractivity contribution >= 4 is 16.9 Å². The number of pyridine rings is 1. The first-order valence-electron chi connectivity index (χ1n) is 6.56. The van der Waals surface area contributed by atoms with Crippen molar-refractivity contribution < 1.29 is 14.6 Å². The summed E-state index contributed by atoms with van der Waals surface area (Å²) in [6, 6.07) is 20.3. The van der Waals surface area contributed by atoms with Gasteiger partial charge in [0.2, 0.25) is 0 Å². The second-order valence-electron chi connectivity index (χ2n) is 4.49. The molecule has 21 heavy (non-hydrogen) atoms. The number of benzene rings is 2. The van der Waals surface area contributed by atoms with Crippen LogP contribution in [0.2, 0.25) is 0 Å². The van der Waals surface area contributed by atoms with Crippen molar-refractivity contribution in [2.45, 2.75) is 6.61 Å². The lowest BCUT2D eigenvalue weighted by molar-refractivity contribution is -0.251. The Morgan fingerprint density at radius 2 is 1.67 bits per heavy atom. The summed E-state index contributed by atoms with van der Waals surface area (Å²) < 4.78 is 0. The summed E-state index contributed by atoms with van der Waals surface area (Å²) in [6.07, 6.45) is 0. The van der Waals surface area contributed by atoms with Crippen LogP contribution in [0.25, 0.3) is 10.9 Å². The van der Waals surface area contributed by atoms with E-state index in [0.717, 1.165) is 10.9 Å². The molecule has 0 aliphatic rings. The fraction of sp³-hybridized carbons (Fsp3) is 0.0588. The molecular weight excluding hydrogens is 266 g/mol. The molecule has 3 rings (SSSR count). The second kappa shape index (κ2) is 6.15. The first-order valence-corrected chi connectivity index (χ1v) is 6.56. The molecule has 0 fully saturated rings. The Balaban J connectivity index is 1.60. The van der Waals surface area contributed by atoms with Gasteiger partial charge in [-0.15, -0.1) is 0 Å². The van der Waals surface area contributed by atoms with E-state index in [1.165, 1.54) is 0 Å². The molecule has 0 aliphatic carbocycles. The van der Waals surface area contributed by atoms with Gasteiger partial charge in [-0.2, -0.15) is 4.89 Å². The predicted molar refractivity (Wildman–Crippen MR) is 78.4 cm³/mol. The molecule has 4 nitrogen and oxygen atoms in total. The Bertz CT molecular complexity index is 756. The smallest absolute Gasteiger partial charge is 0.292 e. The topological polar surface area (TPSA) is 48.4 Å². The van der Waals surface area contributed by atoms with Crippen LogP contribution in [0.4, 0.5) is 0 Å². The van der Waals surface area contributed by atoms with E-state index in [2.05, 4.69) is 4.98 Å². The van der Waals surface area contributed by atoms with Crippen LogP contribution < -0.4 is 0 Å². The standard InChI is InChI=1S/C17H13NO3/c19-17(14-7-2-1-3-8-14)21-20-12-15-11-10-13-6-4-5-9-16(13)18-15/h1-11H,12H2. The Morgan fingerprint density at radius 3 is 2.52 bits per heavy atom. The molecule has 0 atom stereocenters. The number of rotatable bonds is 4. The molecule has 1 heterocycles. The molecule has 0 N–H and O–H groups in total. The molecule has 4 heteroatoms. The van der Waals surface area contributed by atoms with Gasteiger partial charge in [0.15, 0.2) is 0 Å². The summed E-state index contributed by atoms with van der Waals surface area (Å²) in [5, 5.41) is 1.06. The van der Waals surface area contributed by atoms with E-state index >= 15 is 0 Å². The summed E-state index contributed by atoms with van der Waals surface area (Å²) in [7, 11) is 0. The van der Waals surface area contributed by atoms with Gasteiger partial charge in [0, 0.05) is 5.39 Å². The van der Waals surface area contributed by atoms with Crippen LogP contribution in [-0.4, -0.2) is 11.0 Å². The minimum atomic E-state index is -0.517. The van der Waals surface area contributed by atoms with E-state index in [1.807, 2.05) is 42.5 Å². The van der Waals surface area contributed by atoms with Gasteiger partial charge in [-0.25, -0.2) is 4.79 Å². The highest BCUT2D eigenvalue weighted by molar-refractivity contribution is 5.88. The highest BCUT2D eigenvalue weighted by Crippen LogP contribution is 2.12. The average Bonchev–Trinajstić information content (AvgIpc) is 2.55. The van der Waals surface area contributed by atoms with Crippen LogP contribution in [-0.2, 0) is 16.4 Å². The number of para-hydroxylation sites is 1. The third kappa shape index (κ3) is 3.24. The van der Waals surface area contributed by atoms with E-state index in [4.69, 9.17) is 9.78 Å². The Hall–Kier alpha value is -2.72. The fourth-order valence-corrected chi connectivity index (χ4v) is 1.95. The predicted octanol–water partition coefficient (Wildman–Crippen LogP) is 3.52. The lowest BCUT2D eigenvalue weighted by Gasteiger charge is -2.04. The van der Waals surface area contributed by atoms with Crippen molar-refractivity contribution in [3.8, 4) is 0 Å². The fourth-order valence-electron chi connectivity index (χ4n) is 1.95. The number of fused-ring (bicyclic) bond motifs is 1. The molecule has 0 bridgehead atoms. The van der Waals surface area contributed by atoms with Crippen molar-refractivity contribution in [2.24, 2.45) is 0 Å². The summed E-state index contributed by atoms with van der Waals surface area (Å²) in [6.45, 7) is 0.114. The first kappa shape index (κ1) is 13.3. The van der Waals surface area contributed by atoms with Gasteiger partial charge in [0.25, 0.3) is 0 Å². The zero-order valence-electron chi connectivity index (χ0n) is 11.2. The number of hydrogen-bond donors (Lipinski definition) is 0. The zero-order chi connectivity index (χ0) is 14.5. The lowest BCUT2D eigenvalue weighted by atomic mass is 10.2. The Labute approximate surface area is 121 Å². The third-order valence-corrected chi connectivity index (χ3v) is 3.01. The van der Waals surface area contributed by atoms with Crippen molar-refractivity contribution in [3.05, 3.63) is 78.0 Å². The van der Waals surface area contributed by atoms with Gasteiger partial charge in [-0.1, -0.05) is 42.5 Å². The normalized spacial score (nSPS) is 10.5. The Morgan fingerprint density at radius 1 is 0.905 bits per heavy atom. The third-order valence-electron chi connectivity index (χ3n) is 3.01. The van der Waals surface area contributed by atoms with Crippen molar-refractivity contribution in [3.63, 3.8) is 0 Å². The summed E-state index contributed by atoms with van der Waals surface area (Å²) in [5.74, 6) is -0.517.